The molecule has 0 aliphatic heterocycles. The predicted molar refractivity (Wildman–Crippen MR) is 31.8 cm³/mol. The zero-order chi connectivity index (χ0) is 5.28. The molecule has 1 unspecified atom stereocenters. The molecule has 0 spiro atoms. The van der Waals surface area contributed by atoms with Crippen LogP contribution in [0, 0.1) is 0 Å². The van der Waals surface area contributed by atoms with Gasteiger partial charge in [-0.1, -0.05) is 0 Å². The zero-order valence-electron chi connectivity index (χ0n) is 3.42. The molecule has 0 aromatic carbocycles. The molecule has 1 N–H and O–H groups in total. The van der Waals surface area contributed by atoms with Crippen LogP contribution in [0.15, 0.2) is 5.16 Å². The molecule has 3 nitrogen and oxygen atoms in total. The third-order valence-corrected chi connectivity index (χ3v) is 1.23. The van der Waals surface area contributed by atoms with E-state index in [1.54, 1.807) is 0 Å². The number of aromatic amines is 1. The molecule has 0 aliphatic carbocycles. The Morgan fingerprint density at radius 1 is 1.71 bits per heavy atom. The van der Waals surface area contributed by atoms with E-state index in [1.165, 1.54) is 16.9 Å². The van der Waals surface area contributed by atoms with Crippen LogP contribution in [0.5, 0.6) is 0 Å². The first-order valence-corrected chi connectivity index (χ1v) is 3.32. The first-order chi connectivity index (χ1) is 3.29. The van der Waals surface area contributed by atoms with Gasteiger partial charge in [0, 0.05) is 0 Å². The van der Waals surface area contributed by atoms with Gasteiger partial charge in [0.1, 0.15) is 0 Å². The number of hydrogen-bond acceptors (Lipinski definition) is 3. The molecule has 1 aromatic heterocycles. The Kier molecular flexibility index (Phi) is 1.40. The number of thiol groups is 1. The van der Waals surface area contributed by atoms with Gasteiger partial charge < -0.3 is 0 Å². The van der Waals surface area contributed by atoms with Gasteiger partial charge in [-0.15, -0.1) is 0 Å². The minimum absolute atomic E-state index is 0.583. The summed E-state index contributed by atoms with van der Waals surface area (Å²) in [5, 5.41) is 6.90. The van der Waals surface area contributed by atoms with Crippen molar-refractivity contribution >= 4 is 34.1 Å². The molecule has 0 saturated heterocycles. The second-order valence-electron chi connectivity index (χ2n) is 1.02. The monoisotopic (exact) mass is 177 g/mol. The number of rotatable bonds is 0. The fourth-order valence-corrected chi connectivity index (χ4v) is 1.05. The number of nitrogens with zero attached hydrogens (tertiary/aromatic N) is 2. The van der Waals surface area contributed by atoms with E-state index < -0.39 is 0 Å². The van der Waals surface area contributed by atoms with Crippen molar-refractivity contribution in [2.75, 3.05) is 0 Å². The van der Waals surface area contributed by atoms with Crippen molar-refractivity contribution in [1.82, 2.24) is 15.2 Å². The third kappa shape index (κ3) is 1.21. The van der Waals surface area contributed by atoms with Crippen molar-refractivity contribution in [3.05, 3.63) is 0 Å². The quantitative estimate of drug-likeness (QED) is 0.368. The number of hydrogen-bond donors (Lipinski definition) is 2. The molecule has 1 atom stereocenters. The van der Waals surface area contributed by atoms with E-state index in [2.05, 4.69) is 27.8 Å². The first kappa shape index (κ1) is 5.19. The Labute approximate surface area is 54.8 Å². The summed E-state index contributed by atoms with van der Waals surface area (Å²) in [4.78, 5) is 3.84. The van der Waals surface area contributed by atoms with Gasteiger partial charge in [-0.05, 0) is 0 Å². The summed E-state index contributed by atoms with van der Waals surface area (Å²) in [6.07, 6.45) is 0. The molecule has 0 amide bonds. The standard InChI is InChI=1S/C2H4AsN3S/c3-1-4-2(7)6-5-1/h3H2,(H2,4,5,6,7). The molecule has 38 valence electrons. The van der Waals surface area contributed by atoms with Gasteiger partial charge in [-0.25, -0.2) is 0 Å². The van der Waals surface area contributed by atoms with Crippen LogP contribution < -0.4 is 4.61 Å². The third-order valence-electron chi connectivity index (χ3n) is 0.491. The van der Waals surface area contributed by atoms with Gasteiger partial charge in [0.2, 0.25) is 0 Å². The van der Waals surface area contributed by atoms with Gasteiger partial charge in [-0.2, -0.15) is 0 Å². The summed E-state index contributed by atoms with van der Waals surface area (Å²) in [5.41, 5.74) is 0. The van der Waals surface area contributed by atoms with Crippen LogP contribution in [-0.2, 0) is 0 Å². The molecular formula is C2H4AsN3S. The van der Waals surface area contributed by atoms with Crippen LogP contribution in [-0.4, -0.2) is 32.0 Å². The topological polar surface area (TPSA) is 41.6 Å². The molecule has 1 aromatic rings. The van der Waals surface area contributed by atoms with Crippen LogP contribution >= 0.6 is 12.6 Å². The summed E-state index contributed by atoms with van der Waals surface area (Å²) in [5.74, 6) is 0. The average molecular weight is 177 g/mol. The SMILES string of the molecule is Sc1nc([AsH2])n[nH]1. The van der Waals surface area contributed by atoms with E-state index in [9.17, 15) is 0 Å². The van der Waals surface area contributed by atoms with Crippen molar-refractivity contribution in [2.45, 2.75) is 5.16 Å². The number of nitrogens with one attached hydrogen (secondary N) is 1. The molecule has 0 aliphatic rings. The van der Waals surface area contributed by atoms with E-state index in [-0.39, 0.29) is 0 Å². The van der Waals surface area contributed by atoms with Crippen molar-refractivity contribution in [2.24, 2.45) is 0 Å². The number of H-pyrrole nitrogens is 1. The van der Waals surface area contributed by atoms with Gasteiger partial charge in [-0.3, -0.25) is 0 Å². The van der Waals surface area contributed by atoms with E-state index in [0.717, 1.165) is 4.61 Å². The summed E-state index contributed by atoms with van der Waals surface area (Å²) in [7, 11) is 0. The summed E-state index contributed by atoms with van der Waals surface area (Å²) < 4.78 is 0.789. The molecular weight excluding hydrogens is 173 g/mol. The molecule has 1 heterocycles. The van der Waals surface area contributed by atoms with Crippen molar-refractivity contribution in [3.8, 4) is 0 Å². The Morgan fingerprint density at radius 3 is 2.57 bits per heavy atom. The van der Waals surface area contributed by atoms with Gasteiger partial charge in [0.05, 0.1) is 0 Å². The van der Waals surface area contributed by atoms with Crippen LogP contribution in [0.2, 0.25) is 0 Å². The fourth-order valence-electron chi connectivity index (χ4n) is 0.266. The van der Waals surface area contributed by atoms with Crippen LogP contribution in [0.4, 0.5) is 0 Å². The molecule has 0 radical (unpaired) electrons. The molecule has 7 heavy (non-hydrogen) atoms. The van der Waals surface area contributed by atoms with Crippen molar-refractivity contribution in [3.63, 3.8) is 0 Å². The Bertz CT molecular complexity index is 145. The number of aromatic nitrogens is 3. The maximum absolute atomic E-state index is 3.89. The zero-order valence-corrected chi connectivity index (χ0v) is 6.74. The fraction of sp³-hybridized carbons (Fsp3) is 0. The predicted octanol–water partition coefficient (Wildman–Crippen LogP) is -1.65. The summed E-state index contributed by atoms with van der Waals surface area (Å²) in [6.45, 7) is 0. The molecule has 0 fully saturated rings. The Balaban J connectivity index is 3.04. The Morgan fingerprint density at radius 2 is 2.43 bits per heavy atom. The summed E-state index contributed by atoms with van der Waals surface area (Å²) in [6, 6.07) is 0. The molecule has 1 rings (SSSR count). The first-order valence-electron chi connectivity index (χ1n) is 1.66. The maximum atomic E-state index is 3.89. The van der Waals surface area contributed by atoms with Gasteiger partial charge in [0.25, 0.3) is 0 Å². The van der Waals surface area contributed by atoms with E-state index >= 15 is 0 Å². The second-order valence-corrected chi connectivity index (χ2v) is 2.52. The van der Waals surface area contributed by atoms with Crippen molar-refractivity contribution < 1.29 is 0 Å². The molecule has 0 saturated carbocycles. The molecule has 5 heteroatoms. The second kappa shape index (κ2) is 1.88. The van der Waals surface area contributed by atoms with Crippen LogP contribution in [0.25, 0.3) is 0 Å². The van der Waals surface area contributed by atoms with E-state index in [0.29, 0.717) is 5.16 Å². The van der Waals surface area contributed by atoms with E-state index in [4.69, 9.17) is 0 Å². The van der Waals surface area contributed by atoms with Crippen LogP contribution in [0.3, 0.4) is 0 Å². The average Bonchev–Trinajstić information content (AvgIpc) is 1.87. The Hall–Kier alpha value is 0.0484. The van der Waals surface area contributed by atoms with Crippen molar-refractivity contribution in [1.29, 1.82) is 0 Å². The summed E-state index contributed by atoms with van der Waals surface area (Å²) >= 11 is 5.28. The normalized spacial score (nSPS) is 9.43. The minimum atomic E-state index is 0.583. The van der Waals surface area contributed by atoms with Gasteiger partial charge in [0.15, 0.2) is 0 Å². The van der Waals surface area contributed by atoms with Crippen LogP contribution in [0.1, 0.15) is 0 Å². The molecule has 0 bridgehead atoms. The van der Waals surface area contributed by atoms with Gasteiger partial charge >= 0.3 is 54.4 Å². The van der Waals surface area contributed by atoms with E-state index in [1.807, 2.05) is 0 Å².